The predicted molar refractivity (Wildman–Crippen MR) is 244 cm³/mol. The number of nitrogen functional groups attached to an aromatic ring is 1. The van der Waals surface area contributed by atoms with Crippen molar-refractivity contribution in [2.45, 2.75) is 140 Å². The molecule has 2 bridgehead atoms. The molecule has 6 N–H and O–H groups in total. The van der Waals surface area contributed by atoms with Crippen molar-refractivity contribution in [1.82, 2.24) is 34.1 Å². The monoisotopic (exact) mass is 973 g/mol. The van der Waals surface area contributed by atoms with Gasteiger partial charge in [0.1, 0.15) is 54.4 Å². The smallest absolute Gasteiger partial charge is 0.325 e. The zero-order chi connectivity index (χ0) is 44.9. The number of aromatic amines is 1. The third-order valence-electron chi connectivity index (χ3n) is 13.0. The lowest BCUT2D eigenvalue weighted by molar-refractivity contribution is -0.0604. The maximum absolute atomic E-state index is 12.9. The second-order valence-corrected chi connectivity index (χ2v) is 34.4. The number of nitrogens with zero attached hydrogens (tertiary/aromatic N) is 6. The second kappa shape index (κ2) is 16.4. The summed E-state index contributed by atoms with van der Waals surface area (Å²) < 4.78 is 56.5. The van der Waals surface area contributed by atoms with E-state index in [-0.39, 0.29) is 40.4 Å². The van der Waals surface area contributed by atoms with Crippen LogP contribution in [0.5, 0.6) is 0 Å². The molecule has 0 radical (unpaired) electrons. The molecule has 3 fully saturated rings. The number of ether oxygens (including phenoxy) is 2. The van der Waals surface area contributed by atoms with Crippen LogP contribution in [0, 0.1) is 0 Å². The van der Waals surface area contributed by atoms with E-state index in [1.165, 1.54) is 17.2 Å². The first-order valence-electron chi connectivity index (χ1n) is 20.5. The van der Waals surface area contributed by atoms with Crippen LogP contribution in [0.25, 0.3) is 22.2 Å². The maximum atomic E-state index is 12.9. The summed E-state index contributed by atoms with van der Waals surface area (Å²) in [6, 6.07) is 0. The summed E-state index contributed by atoms with van der Waals surface area (Å²) in [5.74, 6) is 0.572. The Labute approximate surface area is 371 Å². The van der Waals surface area contributed by atoms with E-state index in [0.717, 1.165) is 36.2 Å². The Morgan fingerprint density at radius 2 is 1.47 bits per heavy atom. The van der Waals surface area contributed by atoms with E-state index >= 15 is 0 Å². The van der Waals surface area contributed by atoms with Gasteiger partial charge >= 0.3 is 13.4 Å². The summed E-state index contributed by atoms with van der Waals surface area (Å²) in [6.07, 6.45) is -1.70. The summed E-state index contributed by atoms with van der Waals surface area (Å²) in [4.78, 5) is 57.3. The molecule has 0 aromatic carbocycles. The van der Waals surface area contributed by atoms with Gasteiger partial charge < -0.3 is 52.8 Å². The number of anilines is 2. The topological polar surface area (TPSA) is 247 Å². The lowest BCUT2D eigenvalue weighted by atomic mass is 10.1. The number of hydrogen-bond donors (Lipinski definition) is 5. The number of nitrogens with two attached hydrogens (primary N) is 1. The van der Waals surface area contributed by atoms with Crippen molar-refractivity contribution in [1.29, 1.82) is 0 Å². The number of fused-ring (bicyclic) bond motifs is 4. The SMILES string of the molecule is CC(C)(C)[Si](C)(C)O[C@@H]1[C@@H]2OP(O)(=S)OC[C@H]3O[C@@H](n4cnc5c(=O)[nH]c(N)nc54)[C@H](OP(O)(=S)OC[C@H]2O[C@H]1n1cc2c4c(ncnc41)NCCC2)[C@@H]3O[Si](C)(C)C(C)(C)C. The quantitative estimate of drug-likeness (QED) is 0.121. The Kier molecular flexibility index (Phi) is 12.2. The molecule has 4 aromatic heterocycles. The summed E-state index contributed by atoms with van der Waals surface area (Å²) in [5.41, 5.74) is 7.14. The van der Waals surface area contributed by atoms with Gasteiger partial charge in [0.15, 0.2) is 40.3 Å². The summed E-state index contributed by atoms with van der Waals surface area (Å²) in [6.45, 7) is 12.5. The van der Waals surface area contributed by atoms with Crippen molar-refractivity contribution in [2.75, 3.05) is 30.8 Å². The molecular weight excluding hydrogens is 917 g/mol. The number of nitrogens with one attached hydrogen (secondary N) is 2. The number of hydrogen-bond acceptors (Lipinski definition) is 17. The molecule has 8 rings (SSSR count). The van der Waals surface area contributed by atoms with E-state index in [4.69, 9.17) is 70.8 Å². The minimum atomic E-state index is -4.25. The average Bonchev–Trinajstić information content (AvgIpc) is 3.86. The van der Waals surface area contributed by atoms with E-state index in [1.807, 2.05) is 23.9 Å². The summed E-state index contributed by atoms with van der Waals surface area (Å²) >= 11 is 11.6. The Bertz CT molecular complexity index is 2510. The highest BCUT2D eigenvalue weighted by atomic mass is 32.5. The molecule has 20 nitrogen and oxygen atoms in total. The van der Waals surface area contributed by atoms with E-state index in [2.05, 4.69) is 79.9 Å². The van der Waals surface area contributed by atoms with Crippen LogP contribution in [0.2, 0.25) is 36.3 Å². The van der Waals surface area contributed by atoms with E-state index < -0.39 is 84.7 Å². The molecule has 62 heavy (non-hydrogen) atoms. The first-order chi connectivity index (χ1) is 28.8. The molecule has 0 aliphatic carbocycles. The van der Waals surface area contributed by atoms with Crippen molar-refractivity contribution in [2.24, 2.45) is 0 Å². The van der Waals surface area contributed by atoms with E-state index in [1.54, 1.807) is 0 Å². The Morgan fingerprint density at radius 1 is 0.855 bits per heavy atom. The van der Waals surface area contributed by atoms with Crippen molar-refractivity contribution in [3.8, 4) is 0 Å². The van der Waals surface area contributed by atoms with Gasteiger partial charge in [-0.05, 0) is 78.3 Å². The van der Waals surface area contributed by atoms with Gasteiger partial charge in [-0.1, -0.05) is 41.5 Å². The van der Waals surface area contributed by atoms with Crippen LogP contribution >= 0.6 is 13.4 Å². The molecule has 8 heterocycles. The largest absolute Gasteiger partial charge is 0.408 e. The number of imidazole rings is 1. The minimum Gasteiger partial charge on any atom is -0.408 e. The molecule has 0 spiro atoms. The first-order valence-corrected chi connectivity index (χ1v) is 31.5. The van der Waals surface area contributed by atoms with Gasteiger partial charge in [0.2, 0.25) is 5.95 Å². The van der Waals surface area contributed by atoms with Crippen LogP contribution in [0.15, 0.2) is 23.6 Å². The summed E-state index contributed by atoms with van der Waals surface area (Å²) in [7, 11) is -5.30. The zero-order valence-electron chi connectivity index (χ0n) is 36.4. The average molecular weight is 974 g/mol. The van der Waals surface area contributed by atoms with Crippen LogP contribution < -0.4 is 16.6 Å². The maximum Gasteiger partial charge on any atom is 0.325 e. The third-order valence-corrected chi connectivity index (χ3v) is 25.0. The van der Waals surface area contributed by atoms with Crippen molar-refractivity contribution < 1.29 is 46.2 Å². The van der Waals surface area contributed by atoms with Gasteiger partial charge in [0.05, 0.1) is 24.9 Å². The number of H-pyrrole nitrogens is 1. The zero-order valence-corrected chi connectivity index (χ0v) is 41.8. The molecule has 4 aromatic rings. The van der Waals surface area contributed by atoms with Gasteiger partial charge in [-0.15, -0.1) is 0 Å². The molecule has 342 valence electrons. The number of rotatable bonds is 6. The highest BCUT2D eigenvalue weighted by Gasteiger charge is 2.57. The minimum absolute atomic E-state index is 0.0105. The lowest BCUT2D eigenvalue weighted by Gasteiger charge is -2.41. The first kappa shape index (κ1) is 46.4. The van der Waals surface area contributed by atoms with Crippen molar-refractivity contribution in [3.05, 3.63) is 34.8 Å². The standard InChI is InChI=1S/C36H57N9O11P2S2Si2/c1-35(2,3)61(7,8)55-25-21-16-50-57(47,59)53-24-20(15-49-58(48,60)54-26(25)32(52-21)45-18-41-23-30(45)42-34(37)43-31(23)46)51-33(27(24)56-62(9,10)36(4,5)6)44-14-19-12-11-13-38-28-22(19)29(44)40-17-39-28/h14,17-18,20-21,24-27,32-33H,11-13,15-16H2,1-10H3,(H,47,59)(H,48,60)(H,38,39,40)(H3,37,42,43,46)/t20-,21-,24-,25-,26-,27-,32-,33-,57?,58?/m1/s1. The van der Waals surface area contributed by atoms with E-state index in [9.17, 15) is 14.6 Å². The fourth-order valence-electron chi connectivity index (χ4n) is 7.67. The lowest BCUT2D eigenvalue weighted by Crippen LogP contribution is -2.50. The van der Waals surface area contributed by atoms with Crippen LogP contribution in [-0.4, -0.2) is 117 Å². The molecule has 26 heteroatoms. The highest BCUT2D eigenvalue weighted by molar-refractivity contribution is 8.07. The molecule has 0 amide bonds. The number of aromatic nitrogens is 7. The normalized spacial score (nSPS) is 32.8. The van der Waals surface area contributed by atoms with Crippen LogP contribution in [-0.2, 0) is 66.5 Å². The van der Waals surface area contributed by atoms with Crippen molar-refractivity contribution >= 4 is 87.6 Å². The molecule has 4 aliphatic heterocycles. The predicted octanol–water partition coefficient (Wildman–Crippen LogP) is 5.33. The Morgan fingerprint density at radius 3 is 2.13 bits per heavy atom. The molecule has 4 aliphatic rings. The fourth-order valence-corrected chi connectivity index (χ4v) is 13.1. The molecular formula is C36H57N9O11P2S2Si2. The summed E-state index contributed by atoms with van der Waals surface area (Å²) in [5, 5.41) is 3.74. The third kappa shape index (κ3) is 8.81. The molecule has 10 atom stereocenters. The van der Waals surface area contributed by atoms with E-state index in [0.29, 0.717) is 5.65 Å². The highest BCUT2D eigenvalue weighted by Crippen LogP contribution is 2.56. The van der Waals surface area contributed by atoms with Crippen molar-refractivity contribution in [3.63, 3.8) is 0 Å². The molecule has 2 unspecified atom stereocenters. The molecule has 0 saturated carbocycles. The van der Waals surface area contributed by atoms with Gasteiger partial charge in [-0.3, -0.25) is 23.4 Å². The van der Waals surface area contributed by atoms with Gasteiger partial charge in [-0.2, -0.15) is 4.98 Å². The van der Waals surface area contributed by atoms with Crippen LogP contribution in [0.1, 0.15) is 66.0 Å². The Balaban J connectivity index is 1.21. The van der Waals surface area contributed by atoms with Gasteiger partial charge in [0.25, 0.3) is 5.56 Å². The van der Waals surface area contributed by atoms with Gasteiger partial charge in [0, 0.05) is 12.7 Å². The van der Waals surface area contributed by atoms with Crippen LogP contribution in [0.4, 0.5) is 11.8 Å². The second-order valence-electron chi connectivity index (χ2n) is 19.3. The fraction of sp³-hybridized carbons (Fsp3) is 0.694. The Hall–Kier alpha value is -2.10. The number of aryl methyl sites for hydroxylation is 1. The molecule has 3 saturated heterocycles. The van der Waals surface area contributed by atoms with Gasteiger partial charge in [-0.25, -0.2) is 15.0 Å². The van der Waals surface area contributed by atoms with Crippen LogP contribution in [0.3, 0.4) is 0 Å².